The number of hydrogen-bond acceptors (Lipinski definition) is 2. The predicted molar refractivity (Wildman–Crippen MR) is 46.5 cm³/mol. The molecular weight excluding hydrogens is 138 g/mol. The highest BCUT2D eigenvalue weighted by Crippen LogP contribution is 2.28. The van der Waals surface area contributed by atoms with Gasteiger partial charge in [0.1, 0.15) is 0 Å². The highest BCUT2D eigenvalue weighted by atomic mass is 16.3. The summed E-state index contributed by atoms with van der Waals surface area (Å²) in [6, 6.07) is 0. The molecule has 0 unspecified atom stereocenters. The molecule has 0 aromatic rings. The van der Waals surface area contributed by atoms with Gasteiger partial charge in [0.15, 0.2) is 0 Å². The molecule has 0 aromatic carbocycles. The summed E-state index contributed by atoms with van der Waals surface area (Å²) in [4.78, 5) is 0. The van der Waals surface area contributed by atoms with Crippen LogP contribution in [0.2, 0.25) is 0 Å². The average Bonchev–Trinajstić information content (AvgIpc) is 1.82. The molecule has 1 rings (SSSR count). The van der Waals surface area contributed by atoms with E-state index in [1.54, 1.807) is 0 Å². The maximum absolute atomic E-state index is 8.93. The summed E-state index contributed by atoms with van der Waals surface area (Å²) in [6.07, 6.45) is 5.39. The van der Waals surface area contributed by atoms with E-state index in [9.17, 15) is 0 Å². The van der Waals surface area contributed by atoms with Crippen LogP contribution in [-0.4, -0.2) is 24.3 Å². The first-order valence-corrected chi connectivity index (χ1v) is 4.68. The van der Waals surface area contributed by atoms with Gasteiger partial charge < -0.3 is 10.4 Å². The van der Waals surface area contributed by atoms with Crippen molar-refractivity contribution in [3.63, 3.8) is 0 Å². The maximum Gasteiger partial charge on any atom is 0.0636 e. The van der Waals surface area contributed by atoms with Crippen LogP contribution in [-0.2, 0) is 0 Å². The molecule has 1 aliphatic carbocycles. The van der Waals surface area contributed by atoms with Crippen molar-refractivity contribution in [2.24, 2.45) is 5.92 Å². The van der Waals surface area contributed by atoms with Crippen LogP contribution in [0, 0.1) is 5.92 Å². The van der Waals surface area contributed by atoms with Crippen LogP contribution in [0.4, 0.5) is 0 Å². The lowest BCUT2D eigenvalue weighted by atomic mass is 9.83. The molecule has 1 aliphatic rings. The molecule has 2 heteroatoms. The second kappa shape index (κ2) is 4.73. The van der Waals surface area contributed by atoms with Crippen molar-refractivity contribution in [1.29, 1.82) is 0 Å². The Hall–Kier alpha value is -0.0800. The fourth-order valence-electron chi connectivity index (χ4n) is 1.40. The van der Waals surface area contributed by atoms with Crippen molar-refractivity contribution in [1.82, 2.24) is 5.32 Å². The Balaban J connectivity index is 1.80. The molecule has 0 amide bonds. The van der Waals surface area contributed by atoms with Crippen LogP contribution >= 0.6 is 0 Å². The van der Waals surface area contributed by atoms with Crippen molar-refractivity contribution >= 4 is 0 Å². The molecule has 0 bridgehead atoms. The molecular formula is C9H19NO. The molecule has 0 spiro atoms. The fourth-order valence-corrected chi connectivity index (χ4v) is 1.40. The van der Waals surface area contributed by atoms with E-state index >= 15 is 0 Å². The Labute approximate surface area is 69.0 Å². The van der Waals surface area contributed by atoms with Gasteiger partial charge in [-0.05, 0) is 25.8 Å². The third-order valence-corrected chi connectivity index (χ3v) is 2.39. The highest BCUT2D eigenvalue weighted by molar-refractivity contribution is 4.70. The molecule has 11 heavy (non-hydrogen) atoms. The zero-order valence-corrected chi connectivity index (χ0v) is 7.34. The second-order valence-electron chi connectivity index (χ2n) is 3.64. The van der Waals surface area contributed by atoms with Crippen LogP contribution < -0.4 is 5.32 Å². The van der Waals surface area contributed by atoms with Gasteiger partial charge in [0, 0.05) is 6.54 Å². The van der Waals surface area contributed by atoms with Gasteiger partial charge in [0.25, 0.3) is 0 Å². The van der Waals surface area contributed by atoms with Crippen LogP contribution in [0.25, 0.3) is 0 Å². The summed E-state index contributed by atoms with van der Waals surface area (Å²) >= 11 is 0. The van der Waals surface area contributed by atoms with E-state index in [2.05, 4.69) is 5.32 Å². The first kappa shape index (κ1) is 9.01. The third kappa shape index (κ3) is 3.73. The lowest BCUT2D eigenvalue weighted by Crippen LogP contribution is -2.27. The zero-order valence-electron chi connectivity index (χ0n) is 7.34. The Morgan fingerprint density at radius 1 is 1.55 bits per heavy atom. The van der Waals surface area contributed by atoms with E-state index in [0.29, 0.717) is 0 Å². The number of aliphatic hydroxyl groups is 1. The Bertz CT molecular complexity index is 99.7. The maximum atomic E-state index is 8.93. The van der Waals surface area contributed by atoms with Gasteiger partial charge in [0.05, 0.1) is 6.10 Å². The normalized spacial score (nSPS) is 21.3. The monoisotopic (exact) mass is 157 g/mol. The van der Waals surface area contributed by atoms with Crippen LogP contribution in [0.15, 0.2) is 0 Å². The lowest BCUT2D eigenvalue weighted by Gasteiger charge is -2.25. The number of rotatable bonds is 5. The van der Waals surface area contributed by atoms with Crippen molar-refractivity contribution in [3.05, 3.63) is 0 Å². The van der Waals surface area contributed by atoms with Gasteiger partial charge in [-0.1, -0.05) is 19.3 Å². The van der Waals surface area contributed by atoms with Crippen LogP contribution in [0.3, 0.4) is 0 Å². The Morgan fingerprint density at radius 2 is 2.27 bits per heavy atom. The topological polar surface area (TPSA) is 32.3 Å². The quantitative estimate of drug-likeness (QED) is 0.587. The fraction of sp³-hybridized carbons (Fsp3) is 1.00. The molecule has 0 radical (unpaired) electrons. The first-order valence-electron chi connectivity index (χ1n) is 4.68. The van der Waals surface area contributed by atoms with Gasteiger partial charge in [-0.15, -0.1) is 0 Å². The summed E-state index contributed by atoms with van der Waals surface area (Å²) in [5, 5.41) is 12.2. The van der Waals surface area contributed by atoms with E-state index in [0.717, 1.165) is 19.0 Å². The summed E-state index contributed by atoms with van der Waals surface area (Å²) in [7, 11) is 0. The van der Waals surface area contributed by atoms with Crippen molar-refractivity contribution < 1.29 is 5.11 Å². The summed E-state index contributed by atoms with van der Waals surface area (Å²) in [6.45, 7) is 3.64. The van der Waals surface area contributed by atoms with Crippen LogP contribution in [0.5, 0.6) is 0 Å². The summed E-state index contributed by atoms with van der Waals surface area (Å²) < 4.78 is 0. The molecule has 0 heterocycles. The minimum Gasteiger partial charge on any atom is -0.392 e. The van der Waals surface area contributed by atoms with Gasteiger partial charge >= 0.3 is 0 Å². The molecule has 1 saturated carbocycles. The minimum absolute atomic E-state index is 0.198. The molecule has 0 aromatic heterocycles. The van der Waals surface area contributed by atoms with Gasteiger partial charge in [-0.3, -0.25) is 0 Å². The third-order valence-electron chi connectivity index (χ3n) is 2.39. The van der Waals surface area contributed by atoms with Crippen LogP contribution in [0.1, 0.15) is 32.6 Å². The van der Waals surface area contributed by atoms with E-state index in [4.69, 9.17) is 5.11 Å². The molecule has 1 fully saturated rings. The van der Waals surface area contributed by atoms with Crippen molar-refractivity contribution in [3.8, 4) is 0 Å². The summed E-state index contributed by atoms with van der Waals surface area (Å²) in [5.74, 6) is 0.983. The molecule has 2 nitrogen and oxygen atoms in total. The van der Waals surface area contributed by atoms with Crippen molar-refractivity contribution in [2.75, 3.05) is 13.1 Å². The minimum atomic E-state index is -0.198. The van der Waals surface area contributed by atoms with E-state index < -0.39 is 0 Å². The van der Waals surface area contributed by atoms with E-state index in [-0.39, 0.29) is 6.10 Å². The van der Waals surface area contributed by atoms with E-state index in [1.165, 1.54) is 25.7 Å². The summed E-state index contributed by atoms with van der Waals surface area (Å²) in [5.41, 5.74) is 0. The number of aliphatic hydroxyl groups excluding tert-OH is 1. The van der Waals surface area contributed by atoms with Crippen molar-refractivity contribution in [2.45, 2.75) is 38.7 Å². The van der Waals surface area contributed by atoms with Gasteiger partial charge in [-0.2, -0.15) is 0 Å². The molecule has 2 N–H and O–H groups in total. The molecule has 0 aliphatic heterocycles. The standard InChI is InChI=1S/C9H19NO/c1-8(11)7-10-6-5-9-3-2-4-9/h8-11H,2-7H2,1H3/t8-/m1/s1. The predicted octanol–water partition coefficient (Wildman–Crippen LogP) is 1.15. The Kier molecular flexibility index (Phi) is 3.87. The lowest BCUT2D eigenvalue weighted by molar-refractivity contribution is 0.188. The average molecular weight is 157 g/mol. The molecule has 0 saturated heterocycles. The molecule has 66 valence electrons. The smallest absolute Gasteiger partial charge is 0.0636 e. The van der Waals surface area contributed by atoms with Gasteiger partial charge in [0.2, 0.25) is 0 Å². The number of hydrogen-bond donors (Lipinski definition) is 2. The first-order chi connectivity index (χ1) is 5.29. The highest BCUT2D eigenvalue weighted by Gasteiger charge is 2.15. The van der Waals surface area contributed by atoms with E-state index in [1.807, 2.05) is 6.92 Å². The zero-order chi connectivity index (χ0) is 8.10. The largest absolute Gasteiger partial charge is 0.392 e. The Morgan fingerprint density at radius 3 is 2.73 bits per heavy atom. The molecule has 1 atom stereocenters. The van der Waals surface area contributed by atoms with Gasteiger partial charge in [-0.25, -0.2) is 0 Å². The number of nitrogens with one attached hydrogen (secondary N) is 1. The SMILES string of the molecule is C[C@@H](O)CNCCC1CCC1. The second-order valence-corrected chi connectivity index (χ2v) is 3.64.